The van der Waals surface area contributed by atoms with Crippen LogP contribution in [0.2, 0.25) is 0 Å². The molecule has 12 heavy (non-hydrogen) atoms. The van der Waals surface area contributed by atoms with E-state index in [2.05, 4.69) is 23.1 Å². The number of hydrazine groups is 1. The van der Waals surface area contributed by atoms with Crippen molar-refractivity contribution in [3.8, 4) is 0 Å². The maximum absolute atomic E-state index is 10.8. The highest BCUT2D eigenvalue weighted by Gasteiger charge is 1.98. The monoisotopic (exact) mass is 191 g/mol. The molecule has 0 saturated carbocycles. The van der Waals surface area contributed by atoms with Crippen LogP contribution in [-0.2, 0) is 9.53 Å². The third kappa shape index (κ3) is 7.23. The van der Waals surface area contributed by atoms with Gasteiger partial charge in [0, 0.05) is 6.61 Å². The van der Waals surface area contributed by atoms with E-state index < -0.39 is 0 Å². The summed E-state index contributed by atoms with van der Waals surface area (Å²) in [5.74, 6) is -0.295. The van der Waals surface area contributed by atoms with Gasteiger partial charge in [0.25, 0.3) is 5.91 Å². The Hall–Kier alpha value is -0.880. The summed E-state index contributed by atoms with van der Waals surface area (Å²) in [6, 6.07) is 0. The zero-order chi connectivity index (χ0) is 9.40. The summed E-state index contributed by atoms with van der Waals surface area (Å²) in [6.45, 7) is 2.55. The third-order valence-corrected chi connectivity index (χ3v) is 1.01. The summed E-state index contributed by atoms with van der Waals surface area (Å²) in [5, 5.41) is 0.0267. The summed E-state index contributed by atoms with van der Waals surface area (Å²) >= 11 is 4.46. The number of nitrogens with one attached hydrogen (secondary N) is 2. The van der Waals surface area contributed by atoms with Gasteiger partial charge in [-0.3, -0.25) is 15.6 Å². The number of carbonyl (C=O) groups is 1. The van der Waals surface area contributed by atoms with Crippen molar-refractivity contribution in [1.29, 1.82) is 0 Å². The Balaban J connectivity index is 3.28. The largest absolute Gasteiger partial charge is 0.375 e. The van der Waals surface area contributed by atoms with Gasteiger partial charge in [-0.15, -0.1) is 0 Å². The van der Waals surface area contributed by atoms with Crippen molar-refractivity contribution in [2.45, 2.75) is 13.3 Å². The predicted octanol–water partition coefficient (Wildman–Crippen LogP) is -0.723. The van der Waals surface area contributed by atoms with Crippen LogP contribution in [-0.4, -0.2) is 24.2 Å². The predicted molar refractivity (Wildman–Crippen MR) is 49.2 cm³/mol. The molecular weight excluding hydrogens is 178 g/mol. The summed E-state index contributed by atoms with van der Waals surface area (Å²) in [5.41, 5.74) is 9.62. The van der Waals surface area contributed by atoms with Crippen molar-refractivity contribution in [3.05, 3.63) is 0 Å². The summed E-state index contributed by atoms with van der Waals surface area (Å²) in [4.78, 5) is 10.8. The molecule has 0 aromatic carbocycles. The summed E-state index contributed by atoms with van der Waals surface area (Å²) in [7, 11) is 0. The van der Waals surface area contributed by atoms with Crippen LogP contribution in [0, 0.1) is 0 Å². The lowest BCUT2D eigenvalue weighted by Gasteiger charge is -2.05. The fourth-order valence-corrected chi connectivity index (χ4v) is 0.528. The van der Waals surface area contributed by atoms with Gasteiger partial charge >= 0.3 is 0 Å². The number of thiocarbonyl (C=S) groups is 1. The van der Waals surface area contributed by atoms with Gasteiger partial charge in [0.1, 0.15) is 6.61 Å². The Morgan fingerprint density at radius 2 is 2.25 bits per heavy atom. The molecule has 0 spiro atoms. The Labute approximate surface area is 76.6 Å². The van der Waals surface area contributed by atoms with Crippen LogP contribution < -0.4 is 16.6 Å². The molecule has 70 valence electrons. The van der Waals surface area contributed by atoms with Crippen LogP contribution in [0.25, 0.3) is 0 Å². The van der Waals surface area contributed by atoms with Crippen LogP contribution in [0.5, 0.6) is 0 Å². The zero-order valence-electron chi connectivity index (χ0n) is 6.92. The molecule has 4 N–H and O–H groups in total. The average molecular weight is 191 g/mol. The first-order valence-electron chi connectivity index (χ1n) is 3.58. The minimum absolute atomic E-state index is 0.0173. The number of amides is 1. The number of ether oxygens (including phenoxy) is 1. The molecule has 1 amide bonds. The maximum atomic E-state index is 10.8. The molecule has 0 bridgehead atoms. The van der Waals surface area contributed by atoms with Crippen LogP contribution >= 0.6 is 12.2 Å². The van der Waals surface area contributed by atoms with E-state index in [9.17, 15) is 4.79 Å². The van der Waals surface area contributed by atoms with E-state index in [1.54, 1.807) is 0 Å². The molecule has 6 heteroatoms. The van der Waals surface area contributed by atoms with Crippen molar-refractivity contribution < 1.29 is 9.53 Å². The van der Waals surface area contributed by atoms with Gasteiger partial charge in [0.2, 0.25) is 0 Å². The SMILES string of the molecule is CCCOCC(=O)NNC(N)=S. The van der Waals surface area contributed by atoms with Crippen LogP contribution in [0.4, 0.5) is 0 Å². The number of carbonyl (C=O) groups excluding carboxylic acids is 1. The van der Waals surface area contributed by atoms with Gasteiger partial charge < -0.3 is 10.5 Å². The number of nitrogens with two attached hydrogens (primary N) is 1. The first-order valence-corrected chi connectivity index (χ1v) is 3.99. The summed E-state index contributed by atoms with van der Waals surface area (Å²) in [6.07, 6.45) is 0.885. The van der Waals surface area contributed by atoms with Gasteiger partial charge in [0.05, 0.1) is 0 Å². The number of hydrogen-bond acceptors (Lipinski definition) is 3. The molecule has 5 nitrogen and oxygen atoms in total. The molecule has 0 aromatic rings. The highest BCUT2D eigenvalue weighted by atomic mass is 32.1. The molecule has 0 rings (SSSR count). The van der Waals surface area contributed by atoms with E-state index in [1.807, 2.05) is 6.92 Å². The van der Waals surface area contributed by atoms with Crippen LogP contribution in [0.15, 0.2) is 0 Å². The summed E-state index contributed by atoms with van der Waals surface area (Å²) < 4.78 is 4.94. The van der Waals surface area contributed by atoms with Crippen LogP contribution in [0.1, 0.15) is 13.3 Å². The topological polar surface area (TPSA) is 76.4 Å². The second-order valence-electron chi connectivity index (χ2n) is 2.09. The molecule has 0 atom stereocenters. The van der Waals surface area contributed by atoms with Gasteiger partial charge in [-0.2, -0.15) is 0 Å². The van der Waals surface area contributed by atoms with E-state index >= 15 is 0 Å². The molecule has 0 aliphatic rings. The Morgan fingerprint density at radius 1 is 1.58 bits per heavy atom. The minimum atomic E-state index is -0.295. The van der Waals surface area contributed by atoms with Crippen molar-refractivity contribution >= 4 is 23.2 Å². The molecule has 0 aliphatic heterocycles. The lowest BCUT2D eigenvalue weighted by atomic mass is 10.5. The normalized spacial score (nSPS) is 9.08. The molecular formula is C6H13N3O2S. The molecule has 0 fully saturated rings. The highest BCUT2D eigenvalue weighted by molar-refractivity contribution is 7.80. The highest BCUT2D eigenvalue weighted by Crippen LogP contribution is 1.78. The second kappa shape index (κ2) is 6.81. The lowest BCUT2D eigenvalue weighted by Crippen LogP contribution is -2.45. The van der Waals surface area contributed by atoms with E-state index in [0.717, 1.165) is 6.42 Å². The lowest BCUT2D eigenvalue weighted by molar-refractivity contribution is -0.126. The molecule has 0 heterocycles. The van der Waals surface area contributed by atoms with Gasteiger partial charge in [-0.05, 0) is 18.6 Å². The fraction of sp³-hybridized carbons (Fsp3) is 0.667. The molecule has 0 saturated heterocycles. The second-order valence-corrected chi connectivity index (χ2v) is 2.53. The Kier molecular flexibility index (Phi) is 6.31. The van der Waals surface area contributed by atoms with Crippen LogP contribution in [0.3, 0.4) is 0 Å². The first-order chi connectivity index (χ1) is 5.66. The Bertz CT molecular complexity index is 163. The maximum Gasteiger partial charge on any atom is 0.264 e. The van der Waals surface area contributed by atoms with E-state index in [4.69, 9.17) is 10.5 Å². The number of rotatable bonds is 4. The van der Waals surface area contributed by atoms with Gasteiger partial charge in [0.15, 0.2) is 5.11 Å². The van der Waals surface area contributed by atoms with Crippen molar-refractivity contribution in [2.75, 3.05) is 13.2 Å². The molecule has 0 radical (unpaired) electrons. The third-order valence-electron chi connectivity index (χ3n) is 0.907. The first kappa shape index (κ1) is 11.1. The standard InChI is InChI=1S/C6H13N3O2S/c1-2-3-11-4-5(10)8-9-6(7)12/h2-4H2,1H3,(H,8,10)(H3,7,9,12). The smallest absolute Gasteiger partial charge is 0.264 e. The Morgan fingerprint density at radius 3 is 2.75 bits per heavy atom. The minimum Gasteiger partial charge on any atom is -0.375 e. The molecule has 0 unspecified atom stereocenters. The van der Waals surface area contributed by atoms with Gasteiger partial charge in [-0.1, -0.05) is 6.92 Å². The van der Waals surface area contributed by atoms with Crippen molar-refractivity contribution in [2.24, 2.45) is 5.73 Å². The van der Waals surface area contributed by atoms with E-state index in [-0.39, 0.29) is 17.6 Å². The quantitative estimate of drug-likeness (QED) is 0.310. The molecule has 0 aliphatic carbocycles. The number of hydrogen-bond donors (Lipinski definition) is 3. The van der Waals surface area contributed by atoms with E-state index in [0.29, 0.717) is 6.61 Å². The average Bonchev–Trinajstić information content (AvgIpc) is 2.01. The van der Waals surface area contributed by atoms with Gasteiger partial charge in [-0.25, -0.2) is 0 Å². The fourth-order valence-electron chi connectivity index (χ4n) is 0.477. The van der Waals surface area contributed by atoms with Crippen molar-refractivity contribution in [1.82, 2.24) is 10.9 Å². The zero-order valence-corrected chi connectivity index (χ0v) is 7.74. The van der Waals surface area contributed by atoms with E-state index in [1.165, 1.54) is 0 Å². The van der Waals surface area contributed by atoms with Crippen molar-refractivity contribution in [3.63, 3.8) is 0 Å². The molecule has 0 aromatic heterocycles.